The molecule has 0 aliphatic carbocycles. The summed E-state index contributed by atoms with van der Waals surface area (Å²) in [6.45, 7) is 4.80. The number of fused-ring (bicyclic) bond motifs is 1. The van der Waals surface area contributed by atoms with E-state index in [-0.39, 0.29) is 10.9 Å². The van der Waals surface area contributed by atoms with E-state index in [4.69, 9.17) is 9.47 Å². The maximum Gasteiger partial charge on any atom is 0.264 e. The molecule has 1 aliphatic rings. The number of sulfonamides is 1. The van der Waals surface area contributed by atoms with Crippen molar-refractivity contribution in [2.45, 2.75) is 31.2 Å². The van der Waals surface area contributed by atoms with Crippen LogP contribution in [0.15, 0.2) is 53.4 Å². The Kier molecular flexibility index (Phi) is 4.66. The number of hydrogen-bond donors (Lipinski definition) is 0. The lowest BCUT2D eigenvalue weighted by atomic mass is 10.3. The first-order valence-corrected chi connectivity index (χ1v) is 9.43. The fraction of sp³-hybridized carbons (Fsp3) is 0.333. The molecule has 1 aliphatic heterocycles. The second-order valence-electron chi connectivity index (χ2n) is 5.89. The molecule has 24 heavy (non-hydrogen) atoms. The van der Waals surface area contributed by atoms with E-state index in [2.05, 4.69) is 0 Å². The molecule has 1 heterocycles. The van der Waals surface area contributed by atoms with Crippen LogP contribution in [0, 0.1) is 0 Å². The summed E-state index contributed by atoms with van der Waals surface area (Å²) < 4.78 is 39.0. The summed E-state index contributed by atoms with van der Waals surface area (Å²) in [6.07, 6.45) is 0.777. The number of hydrogen-bond acceptors (Lipinski definition) is 4. The fourth-order valence-electron chi connectivity index (χ4n) is 2.71. The lowest BCUT2D eigenvalue weighted by molar-refractivity contribution is 0.297. The Morgan fingerprint density at radius 1 is 0.958 bits per heavy atom. The predicted octanol–water partition coefficient (Wildman–Crippen LogP) is 3.45. The topological polar surface area (TPSA) is 55.8 Å². The molecule has 0 fully saturated rings. The van der Waals surface area contributed by atoms with E-state index in [0.29, 0.717) is 30.4 Å². The molecular weight excluding hydrogens is 326 g/mol. The molecule has 0 spiro atoms. The molecule has 2 aromatic carbocycles. The van der Waals surface area contributed by atoms with Gasteiger partial charge in [-0.3, -0.25) is 4.31 Å². The maximum atomic E-state index is 13.2. The van der Waals surface area contributed by atoms with Crippen molar-refractivity contribution in [3.8, 4) is 11.5 Å². The van der Waals surface area contributed by atoms with Crippen LogP contribution < -0.4 is 13.8 Å². The molecule has 0 atom stereocenters. The van der Waals surface area contributed by atoms with Gasteiger partial charge in [0.05, 0.1) is 23.8 Å². The van der Waals surface area contributed by atoms with Gasteiger partial charge in [0.2, 0.25) is 0 Å². The van der Waals surface area contributed by atoms with Crippen molar-refractivity contribution in [3.63, 3.8) is 0 Å². The minimum absolute atomic E-state index is 0.198. The minimum Gasteiger partial charge on any atom is -0.490 e. The third kappa shape index (κ3) is 3.19. The van der Waals surface area contributed by atoms with Gasteiger partial charge in [-0.15, -0.1) is 0 Å². The van der Waals surface area contributed by atoms with Crippen molar-refractivity contribution >= 4 is 15.7 Å². The van der Waals surface area contributed by atoms with E-state index in [1.807, 2.05) is 32.0 Å². The van der Waals surface area contributed by atoms with Gasteiger partial charge in [0.1, 0.15) is 0 Å². The highest BCUT2D eigenvalue weighted by atomic mass is 32.2. The molecule has 128 valence electrons. The van der Waals surface area contributed by atoms with Crippen LogP contribution in [0.25, 0.3) is 0 Å². The van der Waals surface area contributed by atoms with Gasteiger partial charge in [0, 0.05) is 18.5 Å². The monoisotopic (exact) mass is 347 g/mol. The summed E-state index contributed by atoms with van der Waals surface area (Å²) in [6, 6.07) is 13.7. The molecule has 0 bridgehead atoms. The van der Waals surface area contributed by atoms with Crippen LogP contribution >= 0.6 is 0 Å². The van der Waals surface area contributed by atoms with Gasteiger partial charge in [-0.2, -0.15) is 0 Å². The molecule has 0 saturated carbocycles. The lowest BCUT2D eigenvalue weighted by Gasteiger charge is -2.28. The third-order valence-electron chi connectivity index (χ3n) is 3.76. The van der Waals surface area contributed by atoms with Gasteiger partial charge in [-0.1, -0.05) is 18.2 Å². The van der Waals surface area contributed by atoms with Crippen LogP contribution in [-0.2, 0) is 10.0 Å². The zero-order valence-electron chi connectivity index (χ0n) is 13.8. The van der Waals surface area contributed by atoms with Gasteiger partial charge in [-0.25, -0.2) is 8.42 Å². The number of benzene rings is 2. The molecule has 0 unspecified atom stereocenters. The van der Waals surface area contributed by atoms with Crippen LogP contribution in [0.1, 0.15) is 20.3 Å². The van der Waals surface area contributed by atoms with E-state index in [1.54, 1.807) is 30.3 Å². The first-order chi connectivity index (χ1) is 11.5. The average molecular weight is 347 g/mol. The van der Waals surface area contributed by atoms with E-state index < -0.39 is 10.0 Å². The highest BCUT2D eigenvalue weighted by molar-refractivity contribution is 7.92. The van der Waals surface area contributed by atoms with Crippen LogP contribution in [0.3, 0.4) is 0 Å². The summed E-state index contributed by atoms with van der Waals surface area (Å²) in [5.41, 5.74) is 0.639. The molecule has 0 saturated heterocycles. The standard InChI is InChI=1S/C18H21NO4S/c1-14(2)19(15-7-4-3-5-8-15)24(20,21)16-9-10-17-18(13-16)23-12-6-11-22-17/h3-5,7-10,13-14H,6,11-12H2,1-2H3. The number of para-hydroxylation sites is 1. The van der Waals surface area contributed by atoms with Crippen LogP contribution in [0.2, 0.25) is 0 Å². The molecule has 5 nitrogen and oxygen atoms in total. The van der Waals surface area contributed by atoms with Gasteiger partial charge >= 0.3 is 0 Å². The highest BCUT2D eigenvalue weighted by Gasteiger charge is 2.28. The Morgan fingerprint density at radius 3 is 2.29 bits per heavy atom. The summed E-state index contributed by atoms with van der Waals surface area (Å²) in [4.78, 5) is 0.198. The van der Waals surface area contributed by atoms with Crippen molar-refractivity contribution < 1.29 is 17.9 Å². The van der Waals surface area contributed by atoms with Crippen LogP contribution in [-0.4, -0.2) is 27.7 Å². The van der Waals surface area contributed by atoms with Crippen molar-refractivity contribution in [3.05, 3.63) is 48.5 Å². The van der Waals surface area contributed by atoms with Gasteiger partial charge in [0.15, 0.2) is 11.5 Å². The normalized spacial score (nSPS) is 14.3. The lowest BCUT2D eigenvalue weighted by Crippen LogP contribution is -2.37. The molecule has 0 radical (unpaired) electrons. The van der Waals surface area contributed by atoms with E-state index in [0.717, 1.165) is 6.42 Å². The summed E-state index contributed by atoms with van der Waals surface area (Å²) >= 11 is 0. The Morgan fingerprint density at radius 2 is 1.62 bits per heavy atom. The Balaban J connectivity index is 2.04. The summed E-state index contributed by atoms with van der Waals surface area (Å²) in [7, 11) is -3.70. The first-order valence-electron chi connectivity index (χ1n) is 7.99. The quantitative estimate of drug-likeness (QED) is 0.850. The van der Waals surface area contributed by atoms with E-state index >= 15 is 0 Å². The molecule has 0 amide bonds. The zero-order chi connectivity index (χ0) is 17.2. The largest absolute Gasteiger partial charge is 0.490 e. The second-order valence-corrected chi connectivity index (χ2v) is 7.70. The smallest absolute Gasteiger partial charge is 0.264 e. The van der Waals surface area contributed by atoms with Crippen molar-refractivity contribution in [2.24, 2.45) is 0 Å². The van der Waals surface area contributed by atoms with Crippen molar-refractivity contribution in [1.82, 2.24) is 0 Å². The molecule has 6 heteroatoms. The Bertz CT molecular complexity index is 803. The molecule has 3 rings (SSSR count). The Hall–Kier alpha value is -2.21. The summed E-state index contributed by atoms with van der Waals surface area (Å²) in [5.74, 6) is 1.06. The number of ether oxygens (including phenoxy) is 2. The molecule has 0 N–H and O–H groups in total. The molecule has 2 aromatic rings. The van der Waals surface area contributed by atoms with E-state index in [1.165, 1.54) is 4.31 Å². The fourth-order valence-corrected chi connectivity index (χ4v) is 4.38. The molecular formula is C18H21NO4S. The van der Waals surface area contributed by atoms with E-state index in [9.17, 15) is 8.42 Å². The number of nitrogens with zero attached hydrogens (tertiary/aromatic N) is 1. The molecule has 0 aromatic heterocycles. The third-order valence-corrected chi connectivity index (χ3v) is 5.76. The SMILES string of the molecule is CC(C)N(c1ccccc1)S(=O)(=O)c1ccc2c(c1)OCCCO2. The zero-order valence-corrected chi connectivity index (χ0v) is 14.6. The summed E-state index contributed by atoms with van der Waals surface area (Å²) in [5, 5.41) is 0. The maximum absolute atomic E-state index is 13.2. The Labute approximate surface area is 142 Å². The number of anilines is 1. The second kappa shape index (κ2) is 6.73. The average Bonchev–Trinajstić information content (AvgIpc) is 2.80. The van der Waals surface area contributed by atoms with Crippen molar-refractivity contribution in [1.29, 1.82) is 0 Å². The highest BCUT2D eigenvalue weighted by Crippen LogP contribution is 2.34. The predicted molar refractivity (Wildman–Crippen MR) is 93.3 cm³/mol. The van der Waals surface area contributed by atoms with Gasteiger partial charge < -0.3 is 9.47 Å². The minimum atomic E-state index is -3.70. The van der Waals surface area contributed by atoms with Crippen LogP contribution in [0.4, 0.5) is 5.69 Å². The van der Waals surface area contributed by atoms with Gasteiger partial charge in [0.25, 0.3) is 10.0 Å². The van der Waals surface area contributed by atoms with Crippen molar-refractivity contribution in [2.75, 3.05) is 17.5 Å². The van der Waals surface area contributed by atoms with Crippen LogP contribution in [0.5, 0.6) is 11.5 Å². The first kappa shape index (κ1) is 16.6. The van der Waals surface area contributed by atoms with Gasteiger partial charge in [-0.05, 0) is 38.1 Å². The number of rotatable bonds is 4.